The maximum atomic E-state index is 13.5. The molecule has 1 aliphatic heterocycles. The number of amides is 1. The van der Waals surface area contributed by atoms with Gasteiger partial charge in [0.2, 0.25) is 0 Å². The summed E-state index contributed by atoms with van der Waals surface area (Å²) in [5, 5.41) is 14.6. The number of aromatic nitrogens is 2. The van der Waals surface area contributed by atoms with E-state index in [1.807, 2.05) is 4.68 Å². The van der Waals surface area contributed by atoms with Gasteiger partial charge in [-0.3, -0.25) is 4.79 Å². The Morgan fingerprint density at radius 1 is 1.14 bits per heavy atom. The number of carbonyl (C=O) groups excluding carboxylic acids is 1. The number of carboxylic acids is 1. The lowest BCUT2D eigenvalue weighted by atomic mass is 9.94. The Bertz CT molecular complexity index is 962. The van der Waals surface area contributed by atoms with Gasteiger partial charge in [-0.2, -0.15) is 5.10 Å². The third-order valence-corrected chi connectivity index (χ3v) is 7.13. The predicted molar refractivity (Wildman–Crippen MR) is 108 cm³/mol. The highest BCUT2D eigenvalue weighted by Crippen LogP contribution is 2.43. The van der Waals surface area contributed by atoms with Gasteiger partial charge < -0.3 is 10.0 Å². The summed E-state index contributed by atoms with van der Waals surface area (Å²) in [6.07, 6.45) is 6.72. The van der Waals surface area contributed by atoms with E-state index in [9.17, 15) is 14.7 Å². The number of aliphatic carboxylic acids is 1. The average molecular weight is 393 g/mol. The number of hydrogen-bond acceptors (Lipinski definition) is 3. The van der Waals surface area contributed by atoms with Crippen LogP contribution in [0.2, 0.25) is 0 Å². The van der Waals surface area contributed by atoms with Gasteiger partial charge in [-0.1, -0.05) is 25.5 Å². The molecule has 2 aromatic rings. The van der Waals surface area contributed by atoms with E-state index in [1.54, 1.807) is 4.90 Å². The fourth-order valence-electron chi connectivity index (χ4n) is 5.66. The van der Waals surface area contributed by atoms with Crippen molar-refractivity contribution in [1.29, 1.82) is 0 Å². The predicted octanol–water partition coefficient (Wildman–Crippen LogP) is 3.25. The minimum Gasteiger partial charge on any atom is -0.480 e. The van der Waals surface area contributed by atoms with E-state index in [2.05, 4.69) is 31.2 Å². The molecule has 1 aromatic heterocycles. The quantitative estimate of drug-likeness (QED) is 0.865. The second-order valence-electron chi connectivity index (χ2n) is 8.65. The number of benzene rings is 1. The first-order chi connectivity index (χ1) is 14.1. The standard InChI is InChI=1S/C23H27N3O3/c1-2-14-9-11-16(12-10-14)26-19-8-4-7-18(19)20(24-26)22(27)25-13-15-5-3-6-17(15)21(25)23(28)29/h9-12,15,17,21H,2-8,13H2,1H3,(H,28,29). The largest absolute Gasteiger partial charge is 0.480 e. The molecule has 3 unspecified atom stereocenters. The molecule has 0 radical (unpaired) electrons. The minimum absolute atomic E-state index is 0.0909. The van der Waals surface area contributed by atoms with Gasteiger partial charge in [0.15, 0.2) is 5.69 Å². The van der Waals surface area contributed by atoms with Crippen molar-refractivity contribution in [3.05, 3.63) is 46.8 Å². The van der Waals surface area contributed by atoms with Gasteiger partial charge in [-0.15, -0.1) is 0 Å². The molecule has 2 aliphatic carbocycles. The van der Waals surface area contributed by atoms with Crippen molar-refractivity contribution in [2.75, 3.05) is 6.54 Å². The highest BCUT2D eigenvalue weighted by molar-refractivity contribution is 5.97. The van der Waals surface area contributed by atoms with Gasteiger partial charge in [0.1, 0.15) is 6.04 Å². The van der Waals surface area contributed by atoms with Crippen LogP contribution >= 0.6 is 0 Å². The molecule has 3 aliphatic rings. The van der Waals surface area contributed by atoms with E-state index in [0.717, 1.165) is 61.9 Å². The Balaban J connectivity index is 1.51. The summed E-state index contributed by atoms with van der Waals surface area (Å²) in [6, 6.07) is 7.60. The zero-order valence-corrected chi connectivity index (χ0v) is 16.8. The summed E-state index contributed by atoms with van der Waals surface area (Å²) < 4.78 is 1.90. The molecule has 5 rings (SSSR count). The lowest BCUT2D eigenvalue weighted by molar-refractivity contribution is -0.142. The van der Waals surface area contributed by atoms with Crippen molar-refractivity contribution in [3.63, 3.8) is 0 Å². The number of nitrogens with zero attached hydrogens (tertiary/aromatic N) is 3. The third-order valence-electron chi connectivity index (χ3n) is 7.13. The van der Waals surface area contributed by atoms with Crippen LogP contribution in [0.5, 0.6) is 0 Å². The third kappa shape index (κ3) is 2.88. The number of hydrogen-bond donors (Lipinski definition) is 1. The maximum absolute atomic E-state index is 13.5. The van der Waals surface area contributed by atoms with Crippen molar-refractivity contribution in [3.8, 4) is 5.69 Å². The number of carbonyl (C=O) groups is 2. The Kier molecular flexibility index (Phi) is 4.45. The Morgan fingerprint density at radius 3 is 2.66 bits per heavy atom. The first-order valence-electron chi connectivity index (χ1n) is 10.8. The van der Waals surface area contributed by atoms with E-state index < -0.39 is 12.0 Å². The minimum atomic E-state index is -0.876. The fourth-order valence-corrected chi connectivity index (χ4v) is 5.66. The number of rotatable bonds is 4. The van der Waals surface area contributed by atoms with E-state index in [0.29, 0.717) is 18.2 Å². The zero-order chi connectivity index (χ0) is 20.1. The molecule has 1 saturated heterocycles. The molecule has 0 spiro atoms. The number of aryl methyl sites for hydroxylation is 1. The van der Waals surface area contributed by atoms with Crippen molar-refractivity contribution in [2.24, 2.45) is 11.8 Å². The van der Waals surface area contributed by atoms with Crippen LogP contribution < -0.4 is 0 Å². The molecular formula is C23H27N3O3. The molecule has 1 amide bonds. The summed E-state index contributed by atoms with van der Waals surface area (Å²) in [7, 11) is 0. The number of fused-ring (bicyclic) bond motifs is 2. The first-order valence-corrected chi connectivity index (χ1v) is 10.8. The molecule has 3 atom stereocenters. The Hall–Kier alpha value is -2.63. The number of carboxylic acid groups (broad SMARTS) is 1. The Labute approximate surface area is 170 Å². The normalized spacial score (nSPS) is 25.3. The average Bonchev–Trinajstić information content (AvgIpc) is 3.47. The molecule has 2 heterocycles. The zero-order valence-electron chi connectivity index (χ0n) is 16.8. The van der Waals surface area contributed by atoms with Crippen LogP contribution in [-0.4, -0.2) is 44.3 Å². The van der Waals surface area contributed by atoms with Crippen LogP contribution in [0.3, 0.4) is 0 Å². The molecule has 1 saturated carbocycles. The van der Waals surface area contributed by atoms with E-state index >= 15 is 0 Å². The summed E-state index contributed by atoms with van der Waals surface area (Å²) in [5.41, 5.74) is 4.80. The summed E-state index contributed by atoms with van der Waals surface area (Å²) in [4.78, 5) is 27.1. The van der Waals surface area contributed by atoms with Gasteiger partial charge in [0.05, 0.1) is 5.69 Å². The van der Waals surface area contributed by atoms with Crippen molar-refractivity contribution in [1.82, 2.24) is 14.7 Å². The topological polar surface area (TPSA) is 75.4 Å². The lowest BCUT2D eigenvalue weighted by Gasteiger charge is -2.24. The maximum Gasteiger partial charge on any atom is 0.326 e. The van der Waals surface area contributed by atoms with Gasteiger partial charge >= 0.3 is 5.97 Å². The lowest BCUT2D eigenvalue weighted by Crippen LogP contribution is -2.43. The highest BCUT2D eigenvalue weighted by atomic mass is 16.4. The second kappa shape index (κ2) is 7.01. The van der Waals surface area contributed by atoms with Gasteiger partial charge in [-0.05, 0) is 68.1 Å². The molecule has 152 valence electrons. The van der Waals surface area contributed by atoms with Crippen LogP contribution in [-0.2, 0) is 24.1 Å². The van der Waals surface area contributed by atoms with Crippen LogP contribution in [0.25, 0.3) is 5.69 Å². The van der Waals surface area contributed by atoms with Crippen LogP contribution in [0.1, 0.15) is 59.9 Å². The molecule has 29 heavy (non-hydrogen) atoms. The Morgan fingerprint density at radius 2 is 1.93 bits per heavy atom. The molecule has 0 bridgehead atoms. The van der Waals surface area contributed by atoms with Gasteiger partial charge in [0.25, 0.3) is 5.91 Å². The van der Waals surface area contributed by atoms with Gasteiger partial charge in [0, 0.05) is 17.8 Å². The highest BCUT2D eigenvalue weighted by Gasteiger charge is 2.50. The molecule has 6 heteroatoms. The second-order valence-corrected chi connectivity index (χ2v) is 8.65. The monoisotopic (exact) mass is 393 g/mol. The molecule has 1 N–H and O–H groups in total. The van der Waals surface area contributed by atoms with Crippen molar-refractivity contribution < 1.29 is 14.7 Å². The van der Waals surface area contributed by atoms with Gasteiger partial charge in [-0.25, -0.2) is 9.48 Å². The molecular weight excluding hydrogens is 366 g/mol. The summed E-state index contributed by atoms with van der Waals surface area (Å²) >= 11 is 0. The van der Waals surface area contributed by atoms with Crippen molar-refractivity contribution >= 4 is 11.9 Å². The first kappa shape index (κ1) is 18.4. The van der Waals surface area contributed by atoms with Crippen LogP contribution in [0.4, 0.5) is 0 Å². The molecule has 6 nitrogen and oxygen atoms in total. The number of likely N-dealkylation sites (tertiary alicyclic amines) is 1. The van der Waals surface area contributed by atoms with Crippen LogP contribution in [0, 0.1) is 11.8 Å². The summed E-state index contributed by atoms with van der Waals surface area (Å²) in [6.45, 7) is 2.68. The summed E-state index contributed by atoms with van der Waals surface area (Å²) in [5.74, 6) is -0.669. The SMILES string of the molecule is CCc1ccc(-n2nc(C(=O)N3CC4CCCC4C3C(=O)O)c3c2CCC3)cc1. The van der Waals surface area contributed by atoms with E-state index in [4.69, 9.17) is 5.10 Å². The molecule has 2 fully saturated rings. The van der Waals surface area contributed by atoms with E-state index in [-0.39, 0.29) is 11.8 Å². The van der Waals surface area contributed by atoms with Crippen molar-refractivity contribution in [2.45, 2.75) is 57.9 Å². The molecule has 1 aromatic carbocycles. The van der Waals surface area contributed by atoms with E-state index in [1.165, 1.54) is 5.56 Å². The smallest absolute Gasteiger partial charge is 0.326 e. The fraction of sp³-hybridized carbons (Fsp3) is 0.522. The van der Waals surface area contributed by atoms with Crippen LogP contribution in [0.15, 0.2) is 24.3 Å².